The zero-order chi connectivity index (χ0) is 14.9. The van der Waals surface area contributed by atoms with Crippen molar-refractivity contribution in [3.8, 4) is 5.75 Å². The summed E-state index contributed by atoms with van der Waals surface area (Å²) in [5, 5.41) is 3.41. The number of nitrogens with one attached hydrogen (secondary N) is 1. The first-order chi connectivity index (χ1) is 10.3. The van der Waals surface area contributed by atoms with Crippen molar-refractivity contribution < 1.29 is 9.47 Å². The minimum atomic E-state index is 0.137. The lowest BCUT2D eigenvalue weighted by Crippen LogP contribution is -2.25. The molecular weight excluding hydrogens is 262 g/mol. The Morgan fingerprint density at radius 3 is 2.48 bits per heavy atom. The van der Waals surface area contributed by atoms with E-state index < -0.39 is 0 Å². The molecule has 3 heteroatoms. The van der Waals surface area contributed by atoms with Crippen LogP contribution in [0, 0.1) is 5.92 Å². The molecule has 0 amide bonds. The third-order valence-corrected chi connectivity index (χ3v) is 4.33. The summed E-state index contributed by atoms with van der Waals surface area (Å²) in [5.41, 5.74) is 1.23. The van der Waals surface area contributed by atoms with E-state index in [2.05, 4.69) is 24.4 Å². The normalized spacial score (nSPS) is 17.6. The molecule has 1 aromatic carbocycles. The van der Waals surface area contributed by atoms with Crippen LogP contribution in [0.15, 0.2) is 24.3 Å². The summed E-state index contributed by atoms with van der Waals surface area (Å²) in [7, 11) is 1.70. The smallest absolute Gasteiger partial charge is 0.118 e. The topological polar surface area (TPSA) is 30.5 Å². The Balaban J connectivity index is 1.91. The third kappa shape index (κ3) is 5.33. The molecule has 2 rings (SSSR count). The van der Waals surface area contributed by atoms with Crippen molar-refractivity contribution in [2.75, 3.05) is 26.8 Å². The lowest BCUT2D eigenvalue weighted by molar-refractivity contribution is 0.0202. The van der Waals surface area contributed by atoms with Gasteiger partial charge in [-0.3, -0.25) is 0 Å². The maximum atomic E-state index is 6.24. The highest BCUT2D eigenvalue weighted by atomic mass is 16.5. The number of likely N-dealkylation sites (N-methyl/N-ethyl adjacent to an activating group) is 1. The molecule has 21 heavy (non-hydrogen) atoms. The molecule has 0 aliphatic heterocycles. The van der Waals surface area contributed by atoms with Crippen LogP contribution in [-0.2, 0) is 4.74 Å². The number of methoxy groups -OCH3 is 1. The maximum Gasteiger partial charge on any atom is 0.118 e. The standard InChI is InChI=1S/C18H29NO2/c1-3-19-13-18(16-9-11-17(20-2)12-10-16)21-14-15-7-5-4-6-8-15/h9-12,15,18-19H,3-8,13-14H2,1-2H3. The molecule has 1 aliphatic carbocycles. The van der Waals surface area contributed by atoms with Gasteiger partial charge in [0.2, 0.25) is 0 Å². The molecular formula is C18H29NO2. The molecule has 1 atom stereocenters. The average molecular weight is 291 g/mol. The van der Waals surface area contributed by atoms with E-state index >= 15 is 0 Å². The van der Waals surface area contributed by atoms with Gasteiger partial charge in [0, 0.05) is 6.54 Å². The molecule has 0 aromatic heterocycles. The summed E-state index contributed by atoms with van der Waals surface area (Å²) in [6.07, 6.45) is 6.93. The second-order valence-corrected chi connectivity index (χ2v) is 5.91. The van der Waals surface area contributed by atoms with Crippen LogP contribution in [0.25, 0.3) is 0 Å². The van der Waals surface area contributed by atoms with Crippen molar-refractivity contribution in [1.82, 2.24) is 5.32 Å². The molecule has 1 saturated carbocycles. The molecule has 1 unspecified atom stereocenters. The van der Waals surface area contributed by atoms with Gasteiger partial charge in [-0.25, -0.2) is 0 Å². The monoisotopic (exact) mass is 291 g/mol. The second kappa shape index (κ2) is 9.06. The van der Waals surface area contributed by atoms with E-state index in [0.717, 1.165) is 31.4 Å². The molecule has 0 radical (unpaired) electrons. The third-order valence-electron chi connectivity index (χ3n) is 4.33. The van der Waals surface area contributed by atoms with Gasteiger partial charge in [-0.05, 0) is 43.0 Å². The minimum absolute atomic E-state index is 0.137. The predicted octanol–water partition coefficient (Wildman–Crippen LogP) is 3.94. The van der Waals surface area contributed by atoms with Crippen molar-refractivity contribution in [3.05, 3.63) is 29.8 Å². The van der Waals surface area contributed by atoms with E-state index in [9.17, 15) is 0 Å². The van der Waals surface area contributed by atoms with Gasteiger partial charge < -0.3 is 14.8 Å². The van der Waals surface area contributed by atoms with Gasteiger partial charge in [0.1, 0.15) is 5.75 Å². The summed E-state index contributed by atoms with van der Waals surface area (Å²) in [4.78, 5) is 0. The van der Waals surface area contributed by atoms with Crippen LogP contribution in [0.4, 0.5) is 0 Å². The number of hydrogen-bond acceptors (Lipinski definition) is 3. The van der Waals surface area contributed by atoms with Crippen LogP contribution >= 0.6 is 0 Å². The van der Waals surface area contributed by atoms with E-state index in [4.69, 9.17) is 9.47 Å². The van der Waals surface area contributed by atoms with Crippen molar-refractivity contribution in [1.29, 1.82) is 0 Å². The van der Waals surface area contributed by atoms with Crippen molar-refractivity contribution >= 4 is 0 Å². The SMILES string of the molecule is CCNCC(OCC1CCCCC1)c1ccc(OC)cc1. The highest BCUT2D eigenvalue weighted by molar-refractivity contribution is 5.28. The van der Waals surface area contributed by atoms with Gasteiger partial charge >= 0.3 is 0 Å². The van der Waals surface area contributed by atoms with E-state index in [-0.39, 0.29) is 6.10 Å². The van der Waals surface area contributed by atoms with Gasteiger partial charge in [0.15, 0.2) is 0 Å². The molecule has 0 saturated heterocycles. The lowest BCUT2D eigenvalue weighted by Gasteiger charge is -2.25. The fourth-order valence-electron chi connectivity index (χ4n) is 2.97. The molecule has 1 aromatic rings. The Labute approximate surface area is 129 Å². The highest BCUT2D eigenvalue weighted by Gasteiger charge is 2.17. The Morgan fingerprint density at radius 1 is 1.14 bits per heavy atom. The number of rotatable bonds is 8. The van der Waals surface area contributed by atoms with E-state index in [1.54, 1.807) is 7.11 Å². The van der Waals surface area contributed by atoms with E-state index in [0.29, 0.717) is 0 Å². The van der Waals surface area contributed by atoms with Crippen LogP contribution in [0.1, 0.15) is 50.7 Å². The Morgan fingerprint density at radius 2 is 1.86 bits per heavy atom. The lowest BCUT2D eigenvalue weighted by atomic mass is 9.90. The van der Waals surface area contributed by atoms with Gasteiger partial charge in [-0.2, -0.15) is 0 Å². The van der Waals surface area contributed by atoms with Crippen LogP contribution in [0.3, 0.4) is 0 Å². The fraction of sp³-hybridized carbons (Fsp3) is 0.667. The Hall–Kier alpha value is -1.06. The molecule has 0 heterocycles. The maximum absolute atomic E-state index is 6.24. The minimum Gasteiger partial charge on any atom is -0.497 e. The molecule has 118 valence electrons. The van der Waals surface area contributed by atoms with Gasteiger partial charge in [0.25, 0.3) is 0 Å². The van der Waals surface area contributed by atoms with E-state index in [1.807, 2.05) is 12.1 Å². The van der Waals surface area contributed by atoms with Crippen LogP contribution in [0.5, 0.6) is 5.75 Å². The van der Waals surface area contributed by atoms with Crippen LogP contribution in [0.2, 0.25) is 0 Å². The van der Waals surface area contributed by atoms with Crippen molar-refractivity contribution in [2.24, 2.45) is 5.92 Å². The Kier molecular flexibility index (Phi) is 7.04. The predicted molar refractivity (Wildman–Crippen MR) is 86.8 cm³/mol. The summed E-state index contributed by atoms with van der Waals surface area (Å²) < 4.78 is 11.5. The summed E-state index contributed by atoms with van der Waals surface area (Å²) in [5.74, 6) is 1.65. The summed E-state index contributed by atoms with van der Waals surface area (Å²) in [6, 6.07) is 8.25. The first kappa shape index (κ1) is 16.3. The molecule has 1 aliphatic rings. The number of hydrogen-bond donors (Lipinski definition) is 1. The van der Waals surface area contributed by atoms with E-state index in [1.165, 1.54) is 37.7 Å². The Bertz CT molecular complexity index is 385. The zero-order valence-corrected chi connectivity index (χ0v) is 13.4. The number of ether oxygens (including phenoxy) is 2. The molecule has 1 fully saturated rings. The largest absolute Gasteiger partial charge is 0.497 e. The molecule has 0 bridgehead atoms. The summed E-state index contributed by atoms with van der Waals surface area (Å²) in [6.45, 7) is 4.86. The van der Waals surface area contributed by atoms with Gasteiger partial charge in [-0.1, -0.05) is 38.3 Å². The van der Waals surface area contributed by atoms with Gasteiger partial charge in [0.05, 0.1) is 19.8 Å². The van der Waals surface area contributed by atoms with Crippen molar-refractivity contribution in [3.63, 3.8) is 0 Å². The quantitative estimate of drug-likeness (QED) is 0.787. The molecule has 0 spiro atoms. The van der Waals surface area contributed by atoms with Crippen LogP contribution in [-0.4, -0.2) is 26.8 Å². The molecule has 1 N–H and O–H groups in total. The van der Waals surface area contributed by atoms with Crippen LogP contribution < -0.4 is 10.1 Å². The first-order valence-corrected chi connectivity index (χ1v) is 8.29. The highest BCUT2D eigenvalue weighted by Crippen LogP contribution is 2.27. The van der Waals surface area contributed by atoms with Gasteiger partial charge in [-0.15, -0.1) is 0 Å². The zero-order valence-electron chi connectivity index (χ0n) is 13.4. The fourth-order valence-corrected chi connectivity index (χ4v) is 2.97. The molecule has 3 nitrogen and oxygen atoms in total. The number of benzene rings is 1. The summed E-state index contributed by atoms with van der Waals surface area (Å²) >= 11 is 0. The average Bonchev–Trinajstić information content (AvgIpc) is 2.56. The second-order valence-electron chi connectivity index (χ2n) is 5.91. The van der Waals surface area contributed by atoms with Crippen molar-refractivity contribution in [2.45, 2.75) is 45.1 Å². The first-order valence-electron chi connectivity index (χ1n) is 8.29.